The SMILES string of the molecule is CC1=C(C)N(C)N(C)C1C. The Hall–Kier alpha value is -0.500. The predicted octanol–water partition coefficient (Wildman–Crippen LogP) is 1.46. The summed E-state index contributed by atoms with van der Waals surface area (Å²) in [5, 5.41) is 4.44. The molecule has 0 N–H and O–H groups in total. The summed E-state index contributed by atoms with van der Waals surface area (Å²) >= 11 is 0. The van der Waals surface area contributed by atoms with Crippen LogP contribution in [-0.4, -0.2) is 30.2 Å². The van der Waals surface area contributed by atoms with E-state index in [-0.39, 0.29) is 0 Å². The number of likely N-dealkylation sites (N-methyl/N-ethyl adjacent to an activating group) is 1. The van der Waals surface area contributed by atoms with Gasteiger partial charge in [-0.15, -0.1) is 0 Å². The average molecular weight is 140 g/mol. The van der Waals surface area contributed by atoms with Crippen molar-refractivity contribution in [1.82, 2.24) is 10.0 Å². The van der Waals surface area contributed by atoms with E-state index in [1.54, 1.807) is 0 Å². The van der Waals surface area contributed by atoms with Crippen molar-refractivity contribution in [2.24, 2.45) is 0 Å². The molecule has 58 valence electrons. The molecule has 1 heterocycles. The Kier molecular flexibility index (Phi) is 1.73. The zero-order valence-electron chi connectivity index (χ0n) is 7.47. The molecular formula is C8H16N2. The first-order chi connectivity index (χ1) is 4.55. The molecule has 1 atom stereocenters. The largest absolute Gasteiger partial charge is 0.313 e. The van der Waals surface area contributed by atoms with Gasteiger partial charge >= 0.3 is 0 Å². The van der Waals surface area contributed by atoms with Crippen LogP contribution in [0.3, 0.4) is 0 Å². The van der Waals surface area contributed by atoms with Gasteiger partial charge in [-0.2, -0.15) is 0 Å². The smallest absolute Gasteiger partial charge is 0.0488 e. The summed E-state index contributed by atoms with van der Waals surface area (Å²) < 4.78 is 0. The molecule has 2 nitrogen and oxygen atoms in total. The lowest BCUT2D eigenvalue weighted by molar-refractivity contribution is 0.0681. The third kappa shape index (κ3) is 0.833. The summed E-state index contributed by atoms with van der Waals surface area (Å²) in [7, 11) is 4.22. The normalized spacial score (nSPS) is 28.5. The molecular weight excluding hydrogens is 124 g/mol. The zero-order chi connectivity index (χ0) is 7.89. The van der Waals surface area contributed by atoms with Gasteiger partial charge in [-0.1, -0.05) is 0 Å². The molecule has 1 aliphatic heterocycles. The summed E-state index contributed by atoms with van der Waals surface area (Å²) in [5.41, 5.74) is 2.86. The molecule has 1 unspecified atom stereocenters. The molecule has 0 radical (unpaired) electrons. The standard InChI is InChI=1S/C8H16N2/c1-6-7(2)9(4)10(5)8(6)3/h7H,1-5H3. The Balaban J connectivity index is 2.88. The Labute approximate surface area is 63.1 Å². The van der Waals surface area contributed by atoms with Crippen molar-refractivity contribution in [2.75, 3.05) is 14.1 Å². The first-order valence-corrected chi connectivity index (χ1v) is 3.69. The number of hydrazine groups is 1. The molecule has 0 fully saturated rings. The fourth-order valence-electron chi connectivity index (χ4n) is 1.33. The van der Waals surface area contributed by atoms with Crippen LogP contribution in [0.5, 0.6) is 0 Å². The lowest BCUT2D eigenvalue weighted by Gasteiger charge is -2.26. The van der Waals surface area contributed by atoms with E-state index in [2.05, 4.69) is 44.9 Å². The van der Waals surface area contributed by atoms with E-state index in [0.29, 0.717) is 6.04 Å². The molecule has 2 heteroatoms. The Morgan fingerprint density at radius 3 is 1.80 bits per heavy atom. The van der Waals surface area contributed by atoms with Crippen molar-refractivity contribution in [3.63, 3.8) is 0 Å². The lowest BCUT2D eigenvalue weighted by atomic mass is 10.1. The summed E-state index contributed by atoms with van der Waals surface area (Å²) in [6.45, 7) is 6.58. The summed E-state index contributed by atoms with van der Waals surface area (Å²) in [5.74, 6) is 0. The van der Waals surface area contributed by atoms with Gasteiger partial charge in [-0.25, -0.2) is 5.01 Å². The highest BCUT2D eigenvalue weighted by Gasteiger charge is 2.24. The van der Waals surface area contributed by atoms with Gasteiger partial charge in [-0.05, 0) is 26.3 Å². The van der Waals surface area contributed by atoms with E-state index >= 15 is 0 Å². The number of hydrogen-bond acceptors (Lipinski definition) is 2. The topological polar surface area (TPSA) is 6.48 Å². The third-order valence-electron chi connectivity index (χ3n) is 2.72. The first kappa shape index (κ1) is 7.61. The predicted molar refractivity (Wildman–Crippen MR) is 43.4 cm³/mol. The highest BCUT2D eigenvalue weighted by Crippen LogP contribution is 2.24. The van der Waals surface area contributed by atoms with E-state index in [0.717, 1.165) is 0 Å². The second-order valence-electron chi connectivity index (χ2n) is 3.04. The molecule has 0 aromatic carbocycles. The number of hydrogen-bond donors (Lipinski definition) is 0. The van der Waals surface area contributed by atoms with Gasteiger partial charge in [0.05, 0.1) is 0 Å². The van der Waals surface area contributed by atoms with E-state index in [1.165, 1.54) is 11.3 Å². The van der Waals surface area contributed by atoms with Crippen molar-refractivity contribution < 1.29 is 0 Å². The van der Waals surface area contributed by atoms with Crippen molar-refractivity contribution in [2.45, 2.75) is 26.8 Å². The van der Waals surface area contributed by atoms with E-state index < -0.39 is 0 Å². The Bertz CT molecular complexity index is 154. The van der Waals surface area contributed by atoms with Gasteiger partial charge in [-0.3, -0.25) is 0 Å². The van der Waals surface area contributed by atoms with Crippen LogP contribution in [0.2, 0.25) is 0 Å². The van der Waals surface area contributed by atoms with Gasteiger partial charge in [0, 0.05) is 25.8 Å². The van der Waals surface area contributed by atoms with Crippen molar-refractivity contribution in [3.8, 4) is 0 Å². The van der Waals surface area contributed by atoms with Gasteiger partial charge in [0.1, 0.15) is 0 Å². The Morgan fingerprint density at radius 1 is 1.20 bits per heavy atom. The van der Waals surface area contributed by atoms with Crippen molar-refractivity contribution in [1.29, 1.82) is 0 Å². The second-order valence-corrected chi connectivity index (χ2v) is 3.04. The Morgan fingerprint density at radius 2 is 1.70 bits per heavy atom. The molecule has 1 aliphatic rings. The molecule has 0 bridgehead atoms. The van der Waals surface area contributed by atoms with Crippen LogP contribution in [0.25, 0.3) is 0 Å². The fourth-order valence-corrected chi connectivity index (χ4v) is 1.33. The molecule has 0 saturated carbocycles. The number of allylic oxidation sites excluding steroid dienone is 1. The van der Waals surface area contributed by atoms with Gasteiger partial charge in [0.25, 0.3) is 0 Å². The van der Waals surface area contributed by atoms with Crippen LogP contribution in [0.4, 0.5) is 0 Å². The molecule has 0 aromatic heterocycles. The maximum atomic E-state index is 2.24. The van der Waals surface area contributed by atoms with Gasteiger partial charge < -0.3 is 5.01 Å². The molecule has 0 amide bonds. The van der Waals surface area contributed by atoms with Crippen LogP contribution in [0.15, 0.2) is 11.3 Å². The quantitative estimate of drug-likeness (QED) is 0.502. The fraction of sp³-hybridized carbons (Fsp3) is 0.750. The molecule has 0 spiro atoms. The number of rotatable bonds is 0. The highest BCUT2D eigenvalue weighted by molar-refractivity contribution is 5.18. The zero-order valence-corrected chi connectivity index (χ0v) is 7.47. The molecule has 0 aliphatic carbocycles. The molecule has 0 aromatic rings. The minimum absolute atomic E-state index is 0.574. The van der Waals surface area contributed by atoms with E-state index in [4.69, 9.17) is 0 Å². The van der Waals surface area contributed by atoms with Gasteiger partial charge in [0.2, 0.25) is 0 Å². The van der Waals surface area contributed by atoms with E-state index in [1.807, 2.05) is 0 Å². The summed E-state index contributed by atoms with van der Waals surface area (Å²) in [6.07, 6.45) is 0. The first-order valence-electron chi connectivity index (χ1n) is 3.69. The average Bonchev–Trinajstić information content (AvgIpc) is 2.07. The lowest BCUT2D eigenvalue weighted by Crippen LogP contribution is -2.34. The van der Waals surface area contributed by atoms with Gasteiger partial charge in [0.15, 0.2) is 0 Å². The van der Waals surface area contributed by atoms with Crippen LogP contribution in [0, 0.1) is 0 Å². The maximum absolute atomic E-state index is 2.24. The third-order valence-corrected chi connectivity index (χ3v) is 2.72. The van der Waals surface area contributed by atoms with Crippen LogP contribution in [0.1, 0.15) is 20.8 Å². The summed E-state index contributed by atoms with van der Waals surface area (Å²) in [6, 6.07) is 0.574. The maximum Gasteiger partial charge on any atom is 0.0488 e. The van der Waals surface area contributed by atoms with Crippen LogP contribution >= 0.6 is 0 Å². The minimum atomic E-state index is 0.574. The van der Waals surface area contributed by atoms with Crippen LogP contribution in [-0.2, 0) is 0 Å². The molecule has 0 saturated heterocycles. The summed E-state index contributed by atoms with van der Waals surface area (Å²) in [4.78, 5) is 0. The highest BCUT2D eigenvalue weighted by atomic mass is 15.6. The number of nitrogens with zero attached hydrogens (tertiary/aromatic N) is 2. The minimum Gasteiger partial charge on any atom is -0.313 e. The molecule has 10 heavy (non-hydrogen) atoms. The van der Waals surface area contributed by atoms with Crippen LogP contribution < -0.4 is 0 Å². The molecule has 1 rings (SSSR count). The van der Waals surface area contributed by atoms with E-state index in [9.17, 15) is 0 Å². The van der Waals surface area contributed by atoms with Crippen molar-refractivity contribution in [3.05, 3.63) is 11.3 Å². The monoisotopic (exact) mass is 140 g/mol. The van der Waals surface area contributed by atoms with Crippen molar-refractivity contribution >= 4 is 0 Å². The second kappa shape index (κ2) is 2.27.